The van der Waals surface area contributed by atoms with Crippen molar-refractivity contribution < 1.29 is 9.32 Å². The van der Waals surface area contributed by atoms with E-state index in [1.165, 1.54) is 0 Å². The smallest absolute Gasteiger partial charge is 0.246 e. The van der Waals surface area contributed by atoms with Crippen molar-refractivity contribution in [2.24, 2.45) is 5.92 Å². The van der Waals surface area contributed by atoms with E-state index in [1.807, 2.05) is 32.0 Å². The van der Waals surface area contributed by atoms with Crippen LogP contribution in [0.25, 0.3) is 11.4 Å². The van der Waals surface area contributed by atoms with Crippen molar-refractivity contribution in [3.8, 4) is 11.4 Å². The highest BCUT2D eigenvalue weighted by atomic mass is 35.5. The fourth-order valence-corrected chi connectivity index (χ4v) is 2.27. The number of benzene rings is 1. The maximum atomic E-state index is 11.9. The first-order chi connectivity index (χ1) is 10.2. The zero-order chi connectivity index (χ0) is 15.2. The van der Waals surface area contributed by atoms with Crippen LogP contribution in [0.3, 0.4) is 0 Å². The van der Waals surface area contributed by atoms with Crippen LogP contribution in [0.15, 0.2) is 28.8 Å². The topological polar surface area (TPSA) is 68.0 Å². The summed E-state index contributed by atoms with van der Waals surface area (Å²) in [5, 5.41) is 7.26. The second kappa shape index (κ2) is 7.22. The van der Waals surface area contributed by atoms with Gasteiger partial charge in [-0.15, -0.1) is 0 Å². The highest BCUT2D eigenvalue weighted by Gasteiger charge is 2.16. The summed E-state index contributed by atoms with van der Waals surface area (Å²) in [5.74, 6) is 0.824. The van der Waals surface area contributed by atoms with Gasteiger partial charge in [0.2, 0.25) is 17.6 Å². The number of nitrogens with one attached hydrogen (secondary N) is 1. The standard InChI is InChI=1S/C15H18ClN3O2/c1-3-10(4-2)15(20)17-9-13-18-14(19-21-13)11-7-5-6-8-12(11)16/h5-8,10H,3-4,9H2,1-2H3,(H,17,20). The third kappa shape index (κ3) is 3.82. The van der Waals surface area contributed by atoms with Crippen LogP contribution in [-0.4, -0.2) is 16.0 Å². The minimum Gasteiger partial charge on any atom is -0.347 e. The predicted octanol–water partition coefficient (Wildman–Crippen LogP) is 3.44. The SMILES string of the molecule is CCC(CC)C(=O)NCc1nc(-c2ccccc2Cl)no1. The summed E-state index contributed by atoms with van der Waals surface area (Å²) in [6.45, 7) is 4.22. The average Bonchev–Trinajstić information content (AvgIpc) is 2.95. The van der Waals surface area contributed by atoms with Gasteiger partial charge >= 0.3 is 0 Å². The quantitative estimate of drug-likeness (QED) is 0.887. The number of rotatable bonds is 6. The average molecular weight is 308 g/mol. The van der Waals surface area contributed by atoms with Gasteiger partial charge in [0.25, 0.3) is 0 Å². The number of nitrogens with zero attached hydrogens (tertiary/aromatic N) is 2. The molecule has 1 heterocycles. The second-order valence-electron chi connectivity index (χ2n) is 4.72. The van der Waals surface area contributed by atoms with Gasteiger partial charge < -0.3 is 9.84 Å². The third-order valence-corrected chi connectivity index (χ3v) is 3.68. The molecule has 0 spiro atoms. The molecule has 0 atom stereocenters. The summed E-state index contributed by atoms with van der Waals surface area (Å²) < 4.78 is 5.14. The minimum atomic E-state index is 0.0116. The van der Waals surface area contributed by atoms with Crippen LogP contribution >= 0.6 is 11.6 Å². The van der Waals surface area contributed by atoms with E-state index < -0.39 is 0 Å². The Hall–Kier alpha value is -1.88. The molecule has 1 amide bonds. The number of carbonyl (C=O) groups is 1. The molecule has 1 aromatic heterocycles. The number of amides is 1. The van der Waals surface area contributed by atoms with E-state index in [4.69, 9.17) is 16.1 Å². The lowest BCUT2D eigenvalue weighted by atomic mass is 10.0. The number of carbonyl (C=O) groups excluding carboxylic acids is 1. The second-order valence-corrected chi connectivity index (χ2v) is 5.13. The molecule has 2 aromatic rings. The van der Waals surface area contributed by atoms with Gasteiger partial charge in [-0.3, -0.25) is 4.79 Å². The Bertz CT molecular complexity index is 608. The molecule has 0 radical (unpaired) electrons. The van der Waals surface area contributed by atoms with E-state index in [0.29, 0.717) is 22.3 Å². The van der Waals surface area contributed by atoms with Crippen molar-refractivity contribution in [1.29, 1.82) is 0 Å². The molecular formula is C15H18ClN3O2. The lowest BCUT2D eigenvalue weighted by Crippen LogP contribution is -2.29. The molecule has 0 fully saturated rings. The zero-order valence-electron chi connectivity index (χ0n) is 12.1. The zero-order valence-corrected chi connectivity index (χ0v) is 12.9. The molecule has 5 nitrogen and oxygen atoms in total. The Kier molecular flexibility index (Phi) is 5.33. The van der Waals surface area contributed by atoms with Gasteiger partial charge in [-0.2, -0.15) is 4.98 Å². The van der Waals surface area contributed by atoms with Gasteiger partial charge in [0, 0.05) is 11.5 Å². The third-order valence-electron chi connectivity index (χ3n) is 3.35. The highest BCUT2D eigenvalue weighted by Crippen LogP contribution is 2.24. The number of halogens is 1. The minimum absolute atomic E-state index is 0.0116. The molecule has 0 saturated carbocycles. The van der Waals surface area contributed by atoms with Crippen LogP contribution in [0, 0.1) is 5.92 Å². The van der Waals surface area contributed by atoms with Crippen LogP contribution in [0.4, 0.5) is 0 Å². The number of hydrogen-bond donors (Lipinski definition) is 1. The van der Waals surface area contributed by atoms with Crippen molar-refractivity contribution in [2.45, 2.75) is 33.2 Å². The molecule has 2 rings (SSSR count). The lowest BCUT2D eigenvalue weighted by molar-refractivity contribution is -0.125. The summed E-state index contributed by atoms with van der Waals surface area (Å²) >= 11 is 6.08. The van der Waals surface area contributed by atoms with Gasteiger partial charge in [-0.25, -0.2) is 0 Å². The molecule has 112 valence electrons. The fraction of sp³-hybridized carbons (Fsp3) is 0.400. The van der Waals surface area contributed by atoms with Crippen molar-refractivity contribution in [1.82, 2.24) is 15.5 Å². The molecule has 1 N–H and O–H groups in total. The van der Waals surface area contributed by atoms with E-state index in [0.717, 1.165) is 12.8 Å². The molecular weight excluding hydrogens is 290 g/mol. The van der Waals surface area contributed by atoms with Crippen LogP contribution in [0.2, 0.25) is 5.02 Å². The Morgan fingerprint density at radius 1 is 1.33 bits per heavy atom. The summed E-state index contributed by atoms with van der Waals surface area (Å²) in [7, 11) is 0. The Morgan fingerprint density at radius 2 is 2.05 bits per heavy atom. The van der Waals surface area contributed by atoms with E-state index in [9.17, 15) is 4.79 Å². The number of aromatic nitrogens is 2. The van der Waals surface area contributed by atoms with Crippen molar-refractivity contribution in [3.63, 3.8) is 0 Å². The first-order valence-electron chi connectivity index (χ1n) is 7.00. The Morgan fingerprint density at radius 3 is 2.71 bits per heavy atom. The van der Waals surface area contributed by atoms with Gasteiger partial charge in [0.05, 0.1) is 11.6 Å². The first kappa shape index (κ1) is 15.5. The van der Waals surface area contributed by atoms with Crippen LogP contribution in [-0.2, 0) is 11.3 Å². The molecule has 0 saturated heterocycles. The van der Waals surface area contributed by atoms with Gasteiger partial charge in [-0.05, 0) is 25.0 Å². The maximum absolute atomic E-state index is 11.9. The first-order valence-corrected chi connectivity index (χ1v) is 7.38. The highest BCUT2D eigenvalue weighted by molar-refractivity contribution is 6.33. The molecule has 0 aliphatic heterocycles. The molecule has 21 heavy (non-hydrogen) atoms. The van der Waals surface area contributed by atoms with Crippen molar-refractivity contribution in [2.75, 3.05) is 0 Å². The lowest BCUT2D eigenvalue weighted by Gasteiger charge is -2.10. The van der Waals surface area contributed by atoms with E-state index >= 15 is 0 Å². The molecule has 0 aliphatic carbocycles. The monoisotopic (exact) mass is 307 g/mol. The van der Waals surface area contributed by atoms with Crippen molar-refractivity contribution in [3.05, 3.63) is 35.2 Å². The molecule has 0 unspecified atom stereocenters. The molecule has 0 aliphatic rings. The van der Waals surface area contributed by atoms with Crippen LogP contribution < -0.4 is 5.32 Å². The Labute approximate surface area is 128 Å². The van der Waals surface area contributed by atoms with Gasteiger partial charge in [0.1, 0.15) is 0 Å². The molecule has 1 aromatic carbocycles. The fourth-order valence-electron chi connectivity index (χ4n) is 2.05. The Balaban J connectivity index is 2.01. The van der Waals surface area contributed by atoms with E-state index in [-0.39, 0.29) is 18.4 Å². The van der Waals surface area contributed by atoms with Crippen LogP contribution in [0.5, 0.6) is 0 Å². The van der Waals surface area contributed by atoms with E-state index in [2.05, 4.69) is 15.5 Å². The molecule has 6 heteroatoms. The van der Waals surface area contributed by atoms with Crippen molar-refractivity contribution >= 4 is 17.5 Å². The summed E-state index contributed by atoms with van der Waals surface area (Å²) in [4.78, 5) is 16.1. The summed E-state index contributed by atoms with van der Waals surface area (Å²) in [5.41, 5.74) is 0.709. The molecule has 0 bridgehead atoms. The largest absolute Gasteiger partial charge is 0.347 e. The normalized spacial score (nSPS) is 10.9. The van der Waals surface area contributed by atoms with Crippen LogP contribution in [0.1, 0.15) is 32.6 Å². The summed E-state index contributed by atoms with van der Waals surface area (Å²) in [6, 6.07) is 7.27. The van der Waals surface area contributed by atoms with Gasteiger partial charge in [0.15, 0.2) is 0 Å². The maximum Gasteiger partial charge on any atom is 0.246 e. The summed E-state index contributed by atoms with van der Waals surface area (Å²) in [6.07, 6.45) is 1.63. The predicted molar refractivity (Wildman–Crippen MR) is 80.7 cm³/mol. The number of hydrogen-bond acceptors (Lipinski definition) is 4. The van der Waals surface area contributed by atoms with Gasteiger partial charge in [-0.1, -0.05) is 42.7 Å². The van der Waals surface area contributed by atoms with E-state index in [1.54, 1.807) is 6.07 Å².